The molecule has 1 saturated heterocycles. The lowest BCUT2D eigenvalue weighted by atomic mass is 10.1. The minimum atomic E-state index is -0.616. The first-order chi connectivity index (χ1) is 15.0. The van der Waals surface area contributed by atoms with Gasteiger partial charge in [0.25, 0.3) is 5.91 Å². The Morgan fingerprint density at radius 3 is 2.84 bits per heavy atom. The molecule has 0 spiro atoms. The molecule has 2 aliphatic rings. The van der Waals surface area contributed by atoms with Crippen molar-refractivity contribution in [3.8, 4) is 0 Å². The monoisotopic (exact) mass is 418 g/mol. The number of ether oxygens (including phenoxy) is 1. The van der Waals surface area contributed by atoms with Crippen LogP contribution in [0.1, 0.15) is 36.4 Å². The zero-order chi connectivity index (χ0) is 21.5. The molecule has 7 nitrogen and oxygen atoms in total. The molecule has 0 saturated carbocycles. The maximum absolute atomic E-state index is 13.4. The van der Waals surface area contributed by atoms with Crippen LogP contribution in [-0.4, -0.2) is 40.6 Å². The Morgan fingerprint density at radius 2 is 2.06 bits per heavy atom. The van der Waals surface area contributed by atoms with Crippen molar-refractivity contribution < 1.29 is 14.3 Å². The molecule has 1 fully saturated rings. The normalized spacial score (nSPS) is 20.5. The molecule has 1 aromatic heterocycles. The third-order valence-electron chi connectivity index (χ3n) is 6.13. The summed E-state index contributed by atoms with van der Waals surface area (Å²) in [5, 5.41) is 2.98. The van der Waals surface area contributed by atoms with Crippen molar-refractivity contribution in [2.24, 2.45) is 0 Å². The van der Waals surface area contributed by atoms with E-state index in [9.17, 15) is 9.59 Å². The van der Waals surface area contributed by atoms with Gasteiger partial charge in [-0.25, -0.2) is 4.98 Å². The molecular formula is C24H26N4O3. The summed E-state index contributed by atoms with van der Waals surface area (Å²) >= 11 is 0. The van der Waals surface area contributed by atoms with Crippen LogP contribution in [0.25, 0.3) is 11.0 Å². The first-order valence-electron chi connectivity index (χ1n) is 10.8. The number of rotatable bonds is 5. The topological polar surface area (TPSA) is 76.5 Å². The average molecular weight is 418 g/mol. The second-order valence-electron chi connectivity index (χ2n) is 8.44. The smallest absolute Gasteiger partial charge is 0.253 e. The van der Waals surface area contributed by atoms with Crippen LogP contribution in [0.2, 0.25) is 0 Å². The summed E-state index contributed by atoms with van der Waals surface area (Å²) in [6.07, 6.45) is 2.01. The Morgan fingerprint density at radius 1 is 1.23 bits per heavy atom. The van der Waals surface area contributed by atoms with Gasteiger partial charge in [-0.3, -0.25) is 19.1 Å². The number of carbonyl (C=O) groups excluding carboxylic acids is 2. The van der Waals surface area contributed by atoms with Gasteiger partial charge >= 0.3 is 0 Å². The van der Waals surface area contributed by atoms with E-state index in [4.69, 9.17) is 9.72 Å². The van der Waals surface area contributed by atoms with Crippen LogP contribution >= 0.6 is 0 Å². The maximum Gasteiger partial charge on any atom is 0.253 e. The molecule has 0 bridgehead atoms. The quantitative estimate of drug-likeness (QED) is 0.685. The van der Waals surface area contributed by atoms with Crippen LogP contribution in [-0.2, 0) is 14.3 Å². The minimum absolute atomic E-state index is 0.0139. The number of aromatic nitrogens is 2. The van der Waals surface area contributed by atoms with Crippen LogP contribution < -0.4 is 10.2 Å². The average Bonchev–Trinajstić information content (AvgIpc) is 3.44. The summed E-state index contributed by atoms with van der Waals surface area (Å²) in [5.74, 6) is 0.318. The zero-order valence-electron chi connectivity index (χ0n) is 17.8. The lowest BCUT2D eigenvalue weighted by molar-refractivity contribution is -0.124. The fourth-order valence-electron chi connectivity index (χ4n) is 4.59. The Bertz CT molecular complexity index is 1160. The highest BCUT2D eigenvalue weighted by atomic mass is 16.5. The summed E-state index contributed by atoms with van der Waals surface area (Å²) in [7, 11) is 0. The van der Waals surface area contributed by atoms with Crippen molar-refractivity contribution in [1.29, 1.82) is 0 Å². The van der Waals surface area contributed by atoms with E-state index in [1.54, 1.807) is 4.90 Å². The molecule has 0 unspecified atom stereocenters. The van der Waals surface area contributed by atoms with Crippen molar-refractivity contribution in [2.75, 3.05) is 23.4 Å². The lowest BCUT2D eigenvalue weighted by Gasteiger charge is -2.19. The Hall–Kier alpha value is -3.19. The highest BCUT2D eigenvalue weighted by Crippen LogP contribution is 2.37. The molecule has 5 rings (SSSR count). The van der Waals surface area contributed by atoms with E-state index in [-0.39, 0.29) is 24.3 Å². The second-order valence-corrected chi connectivity index (χ2v) is 8.44. The van der Waals surface area contributed by atoms with Crippen molar-refractivity contribution >= 4 is 34.5 Å². The zero-order valence-corrected chi connectivity index (χ0v) is 17.8. The number of anilines is 2. The van der Waals surface area contributed by atoms with E-state index in [0.717, 1.165) is 47.3 Å². The molecule has 160 valence electrons. The number of para-hydroxylation sites is 2. The predicted molar refractivity (Wildman–Crippen MR) is 119 cm³/mol. The number of hydrogen-bond acceptors (Lipinski definition) is 4. The van der Waals surface area contributed by atoms with Crippen molar-refractivity contribution in [3.63, 3.8) is 0 Å². The van der Waals surface area contributed by atoms with Crippen molar-refractivity contribution in [3.05, 3.63) is 53.6 Å². The molecule has 3 heterocycles. The largest absolute Gasteiger partial charge is 0.376 e. The van der Waals surface area contributed by atoms with Gasteiger partial charge in [-0.2, -0.15) is 0 Å². The molecular weight excluding hydrogens is 392 g/mol. The molecule has 2 aromatic carbocycles. The highest BCUT2D eigenvalue weighted by molar-refractivity contribution is 6.05. The van der Waals surface area contributed by atoms with Crippen LogP contribution in [0.5, 0.6) is 0 Å². The number of benzene rings is 2. The summed E-state index contributed by atoms with van der Waals surface area (Å²) in [6.45, 7) is 5.18. The van der Waals surface area contributed by atoms with Gasteiger partial charge in [0.15, 0.2) is 0 Å². The first kappa shape index (κ1) is 19.8. The minimum Gasteiger partial charge on any atom is -0.376 e. The van der Waals surface area contributed by atoms with Gasteiger partial charge in [-0.05, 0) is 50.5 Å². The summed E-state index contributed by atoms with van der Waals surface area (Å²) in [5.41, 5.74) is 4.60. The summed E-state index contributed by atoms with van der Waals surface area (Å²) in [6, 6.07) is 13.0. The van der Waals surface area contributed by atoms with E-state index in [0.29, 0.717) is 12.5 Å². The van der Waals surface area contributed by atoms with Gasteiger partial charge in [0.1, 0.15) is 6.04 Å². The molecule has 0 radical (unpaired) electrons. The van der Waals surface area contributed by atoms with Gasteiger partial charge in [-0.15, -0.1) is 0 Å². The standard InChI is InChI=1S/C24H26N4O3/c1-15-9-10-18(16(2)12-15)25-22(29)13-21-23(30)27(14-17-6-5-11-31-17)24-26-19-7-3-4-8-20(19)28(21)24/h3-4,7-10,12,17,21H,5-6,11,13-14H2,1-2H3,(H,25,29)/t17-,21-/m0/s1. The van der Waals surface area contributed by atoms with Crippen molar-refractivity contribution in [2.45, 2.75) is 45.3 Å². The fraction of sp³-hybridized carbons (Fsp3) is 0.375. The van der Waals surface area contributed by atoms with Crippen LogP contribution in [0.4, 0.5) is 11.6 Å². The number of hydrogen-bond donors (Lipinski definition) is 1. The molecule has 1 N–H and O–H groups in total. The summed E-state index contributed by atoms with van der Waals surface area (Å²) in [4.78, 5) is 32.7. The maximum atomic E-state index is 13.4. The number of nitrogens with zero attached hydrogens (tertiary/aromatic N) is 3. The highest BCUT2D eigenvalue weighted by Gasteiger charge is 2.42. The molecule has 31 heavy (non-hydrogen) atoms. The van der Waals surface area contributed by atoms with Crippen LogP contribution in [0, 0.1) is 13.8 Å². The van der Waals surface area contributed by atoms with E-state index in [1.807, 2.05) is 60.9 Å². The second kappa shape index (κ2) is 7.81. The SMILES string of the molecule is Cc1ccc(NC(=O)C[C@H]2C(=O)N(C[C@@H]3CCCO3)c3nc4ccccc4n32)c(C)c1. The molecule has 2 aliphatic heterocycles. The number of aryl methyl sites for hydroxylation is 2. The molecule has 3 aromatic rings. The van der Waals surface area contributed by atoms with Gasteiger partial charge in [0, 0.05) is 12.3 Å². The van der Waals surface area contributed by atoms with E-state index >= 15 is 0 Å². The predicted octanol–water partition coefficient (Wildman–Crippen LogP) is 3.75. The van der Waals surface area contributed by atoms with Crippen molar-refractivity contribution in [1.82, 2.24) is 9.55 Å². The van der Waals surface area contributed by atoms with Gasteiger partial charge in [0.05, 0.1) is 30.1 Å². The number of imidazole rings is 1. The number of carbonyl (C=O) groups is 2. The summed E-state index contributed by atoms with van der Waals surface area (Å²) < 4.78 is 7.67. The first-order valence-corrected chi connectivity index (χ1v) is 10.8. The number of nitrogens with one attached hydrogen (secondary N) is 1. The van der Waals surface area contributed by atoms with Crippen LogP contribution in [0.15, 0.2) is 42.5 Å². The number of amides is 2. The third-order valence-corrected chi connectivity index (χ3v) is 6.13. The van der Waals surface area contributed by atoms with Gasteiger partial charge < -0.3 is 10.1 Å². The van der Waals surface area contributed by atoms with E-state index < -0.39 is 6.04 Å². The number of fused-ring (bicyclic) bond motifs is 3. The Balaban J connectivity index is 1.44. The Kier molecular flexibility index (Phi) is 4.98. The fourth-order valence-corrected chi connectivity index (χ4v) is 4.59. The van der Waals surface area contributed by atoms with Gasteiger partial charge in [-0.1, -0.05) is 29.8 Å². The molecule has 7 heteroatoms. The molecule has 2 amide bonds. The van der Waals surface area contributed by atoms with E-state index in [2.05, 4.69) is 5.32 Å². The third kappa shape index (κ3) is 3.59. The lowest BCUT2D eigenvalue weighted by Crippen LogP contribution is -2.37. The Labute approximate surface area is 181 Å². The van der Waals surface area contributed by atoms with Gasteiger partial charge in [0.2, 0.25) is 11.9 Å². The molecule has 0 aliphatic carbocycles. The molecule has 2 atom stereocenters. The van der Waals surface area contributed by atoms with Crippen LogP contribution in [0.3, 0.4) is 0 Å². The van der Waals surface area contributed by atoms with E-state index in [1.165, 1.54) is 0 Å².